The van der Waals surface area contributed by atoms with Crippen LogP contribution in [0, 0.1) is 0 Å². The van der Waals surface area contributed by atoms with Crippen molar-refractivity contribution < 1.29 is 4.74 Å². The number of rotatable bonds is 1. The van der Waals surface area contributed by atoms with Crippen molar-refractivity contribution in [3.63, 3.8) is 0 Å². The van der Waals surface area contributed by atoms with Gasteiger partial charge in [-0.25, -0.2) is 4.98 Å². The highest BCUT2D eigenvalue weighted by molar-refractivity contribution is 5.49. The molecule has 14 heavy (non-hydrogen) atoms. The molecule has 2 heterocycles. The van der Waals surface area contributed by atoms with E-state index in [4.69, 9.17) is 10.5 Å². The van der Waals surface area contributed by atoms with Crippen molar-refractivity contribution in [1.29, 1.82) is 0 Å². The third kappa shape index (κ3) is 1.80. The number of nitrogens with two attached hydrogens (primary N) is 1. The van der Waals surface area contributed by atoms with Crippen LogP contribution in [0.4, 0.5) is 11.5 Å². The van der Waals surface area contributed by atoms with Crippen molar-refractivity contribution in [1.82, 2.24) is 4.98 Å². The SMILES string of the molecule is C[C@H]1COCCN1c1ccc(N)nc1. The van der Waals surface area contributed by atoms with Gasteiger partial charge in [0.05, 0.1) is 25.1 Å². The van der Waals surface area contributed by atoms with E-state index in [1.165, 1.54) is 0 Å². The second-order valence-corrected chi connectivity index (χ2v) is 3.56. The van der Waals surface area contributed by atoms with E-state index in [2.05, 4.69) is 16.8 Å². The van der Waals surface area contributed by atoms with Gasteiger partial charge in [0.25, 0.3) is 0 Å². The van der Waals surface area contributed by atoms with E-state index in [0.717, 1.165) is 25.4 Å². The molecule has 1 fully saturated rings. The van der Waals surface area contributed by atoms with Gasteiger partial charge in [-0.15, -0.1) is 0 Å². The van der Waals surface area contributed by atoms with Crippen molar-refractivity contribution in [3.05, 3.63) is 18.3 Å². The third-order valence-electron chi connectivity index (χ3n) is 2.47. The number of morpholine rings is 1. The van der Waals surface area contributed by atoms with Gasteiger partial charge in [-0.2, -0.15) is 0 Å². The Balaban J connectivity index is 2.16. The van der Waals surface area contributed by atoms with E-state index in [9.17, 15) is 0 Å². The molecular weight excluding hydrogens is 178 g/mol. The molecule has 0 radical (unpaired) electrons. The summed E-state index contributed by atoms with van der Waals surface area (Å²) in [4.78, 5) is 6.37. The molecule has 2 N–H and O–H groups in total. The summed E-state index contributed by atoms with van der Waals surface area (Å²) in [6.45, 7) is 4.64. The van der Waals surface area contributed by atoms with Crippen LogP contribution in [0.3, 0.4) is 0 Å². The Morgan fingerprint density at radius 1 is 1.57 bits per heavy atom. The number of ether oxygens (including phenoxy) is 1. The lowest BCUT2D eigenvalue weighted by molar-refractivity contribution is 0.0989. The maximum absolute atomic E-state index is 5.54. The van der Waals surface area contributed by atoms with E-state index in [1.807, 2.05) is 18.3 Å². The Hall–Kier alpha value is -1.29. The minimum Gasteiger partial charge on any atom is -0.384 e. The molecule has 1 aromatic rings. The summed E-state index contributed by atoms with van der Waals surface area (Å²) in [7, 11) is 0. The summed E-state index contributed by atoms with van der Waals surface area (Å²) in [5.74, 6) is 0.565. The predicted molar refractivity (Wildman–Crippen MR) is 56.3 cm³/mol. The molecule has 0 amide bonds. The largest absolute Gasteiger partial charge is 0.384 e. The molecule has 0 aromatic carbocycles. The van der Waals surface area contributed by atoms with Gasteiger partial charge in [-0.05, 0) is 19.1 Å². The van der Waals surface area contributed by atoms with Gasteiger partial charge in [-0.3, -0.25) is 0 Å². The summed E-state index contributed by atoms with van der Waals surface area (Å²) < 4.78 is 5.37. The molecule has 0 aliphatic carbocycles. The maximum Gasteiger partial charge on any atom is 0.123 e. The van der Waals surface area contributed by atoms with Crippen LogP contribution < -0.4 is 10.6 Å². The Kier molecular flexibility index (Phi) is 2.54. The molecular formula is C10H15N3O. The Bertz CT molecular complexity index is 299. The van der Waals surface area contributed by atoms with E-state index >= 15 is 0 Å². The van der Waals surface area contributed by atoms with Gasteiger partial charge in [0.15, 0.2) is 0 Å². The Labute approximate surface area is 83.7 Å². The summed E-state index contributed by atoms with van der Waals surface area (Å²) in [6.07, 6.45) is 1.82. The molecule has 1 atom stereocenters. The summed E-state index contributed by atoms with van der Waals surface area (Å²) in [5.41, 5.74) is 6.66. The molecule has 4 nitrogen and oxygen atoms in total. The number of nitrogen functional groups attached to an aromatic ring is 1. The Morgan fingerprint density at radius 3 is 3.07 bits per heavy atom. The number of anilines is 2. The monoisotopic (exact) mass is 193 g/mol. The molecule has 4 heteroatoms. The van der Waals surface area contributed by atoms with Gasteiger partial charge in [-0.1, -0.05) is 0 Å². The Morgan fingerprint density at radius 2 is 2.43 bits per heavy atom. The highest BCUT2D eigenvalue weighted by atomic mass is 16.5. The fourth-order valence-electron chi connectivity index (χ4n) is 1.68. The number of pyridine rings is 1. The van der Waals surface area contributed by atoms with Crippen LogP contribution in [-0.2, 0) is 4.74 Å². The average molecular weight is 193 g/mol. The normalized spacial score (nSPS) is 22.4. The van der Waals surface area contributed by atoms with Gasteiger partial charge in [0.2, 0.25) is 0 Å². The predicted octanol–water partition coefficient (Wildman–Crippen LogP) is 0.889. The second-order valence-electron chi connectivity index (χ2n) is 3.56. The molecule has 0 unspecified atom stereocenters. The van der Waals surface area contributed by atoms with Crippen LogP contribution in [0.15, 0.2) is 18.3 Å². The quantitative estimate of drug-likeness (QED) is 0.719. The molecule has 1 aromatic heterocycles. The molecule has 0 bridgehead atoms. The smallest absolute Gasteiger partial charge is 0.123 e. The molecule has 76 valence electrons. The zero-order chi connectivity index (χ0) is 9.97. The zero-order valence-electron chi connectivity index (χ0n) is 8.31. The molecule has 1 aliphatic heterocycles. The van der Waals surface area contributed by atoms with Crippen molar-refractivity contribution in [3.8, 4) is 0 Å². The lowest BCUT2D eigenvalue weighted by Crippen LogP contribution is -2.43. The van der Waals surface area contributed by atoms with Crippen LogP contribution in [0.2, 0.25) is 0 Å². The number of aromatic nitrogens is 1. The van der Waals surface area contributed by atoms with E-state index < -0.39 is 0 Å². The molecule has 0 spiro atoms. The van der Waals surface area contributed by atoms with Crippen LogP contribution >= 0.6 is 0 Å². The summed E-state index contributed by atoms with van der Waals surface area (Å²) >= 11 is 0. The van der Waals surface area contributed by atoms with Crippen LogP contribution in [0.25, 0.3) is 0 Å². The average Bonchev–Trinajstić information content (AvgIpc) is 2.20. The van der Waals surface area contributed by atoms with E-state index in [1.54, 1.807) is 0 Å². The van der Waals surface area contributed by atoms with Gasteiger partial charge in [0.1, 0.15) is 5.82 Å². The molecule has 0 saturated carbocycles. The maximum atomic E-state index is 5.54. The van der Waals surface area contributed by atoms with Gasteiger partial charge in [0, 0.05) is 12.6 Å². The first kappa shape index (κ1) is 9.27. The van der Waals surface area contributed by atoms with E-state index in [0.29, 0.717) is 11.9 Å². The molecule has 2 rings (SSSR count). The van der Waals surface area contributed by atoms with Crippen molar-refractivity contribution in [2.75, 3.05) is 30.4 Å². The number of nitrogens with zero attached hydrogens (tertiary/aromatic N) is 2. The van der Waals surface area contributed by atoms with E-state index in [-0.39, 0.29) is 0 Å². The molecule has 1 saturated heterocycles. The van der Waals surface area contributed by atoms with Crippen LogP contribution in [-0.4, -0.2) is 30.8 Å². The standard InChI is InChI=1S/C10H15N3O/c1-8-7-14-5-4-13(8)9-2-3-10(11)12-6-9/h2-3,6,8H,4-5,7H2,1H3,(H2,11,12)/t8-/m0/s1. The highest BCUT2D eigenvalue weighted by Gasteiger charge is 2.18. The minimum absolute atomic E-state index is 0.411. The number of hydrogen-bond donors (Lipinski definition) is 1. The van der Waals surface area contributed by atoms with Crippen LogP contribution in [0.5, 0.6) is 0 Å². The fraction of sp³-hybridized carbons (Fsp3) is 0.500. The minimum atomic E-state index is 0.411. The fourth-order valence-corrected chi connectivity index (χ4v) is 1.68. The van der Waals surface area contributed by atoms with Crippen molar-refractivity contribution in [2.24, 2.45) is 0 Å². The second kappa shape index (κ2) is 3.84. The van der Waals surface area contributed by atoms with Crippen molar-refractivity contribution >= 4 is 11.5 Å². The number of hydrogen-bond acceptors (Lipinski definition) is 4. The summed E-state index contributed by atoms with van der Waals surface area (Å²) in [5, 5.41) is 0. The lowest BCUT2D eigenvalue weighted by atomic mass is 10.2. The topological polar surface area (TPSA) is 51.4 Å². The highest BCUT2D eigenvalue weighted by Crippen LogP contribution is 2.18. The van der Waals surface area contributed by atoms with Gasteiger partial charge >= 0.3 is 0 Å². The first-order valence-electron chi connectivity index (χ1n) is 4.83. The first-order valence-corrected chi connectivity index (χ1v) is 4.83. The van der Waals surface area contributed by atoms with Crippen molar-refractivity contribution in [2.45, 2.75) is 13.0 Å². The zero-order valence-corrected chi connectivity index (χ0v) is 8.31. The first-order chi connectivity index (χ1) is 6.77. The van der Waals surface area contributed by atoms with Crippen LogP contribution in [0.1, 0.15) is 6.92 Å². The summed E-state index contributed by atoms with van der Waals surface area (Å²) in [6, 6.07) is 4.25. The molecule has 1 aliphatic rings. The third-order valence-corrected chi connectivity index (χ3v) is 2.47. The van der Waals surface area contributed by atoms with Gasteiger partial charge < -0.3 is 15.4 Å². The lowest BCUT2D eigenvalue weighted by Gasteiger charge is -2.34.